The second-order valence-corrected chi connectivity index (χ2v) is 7.16. The zero-order valence-corrected chi connectivity index (χ0v) is 14.9. The van der Waals surface area contributed by atoms with Crippen molar-refractivity contribution in [3.05, 3.63) is 95.6 Å². The molecule has 1 amide bonds. The number of hydrogen-bond donors (Lipinski definition) is 1. The first-order valence-electron chi connectivity index (χ1n) is 8.50. The number of nitrogens with one attached hydrogen (secondary N) is 1. The van der Waals surface area contributed by atoms with E-state index in [0.717, 1.165) is 5.56 Å². The summed E-state index contributed by atoms with van der Waals surface area (Å²) in [6.07, 6.45) is 1.66. The number of hydrazone groups is 1. The van der Waals surface area contributed by atoms with Crippen molar-refractivity contribution in [3.8, 4) is 11.1 Å². The van der Waals surface area contributed by atoms with E-state index in [2.05, 4.69) is 59.1 Å². The topological polar surface area (TPSA) is 41.5 Å². The minimum Gasteiger partial charge on any atom is -0.272 e. The summed E-state index contributed by atoms with van der Waals surface area (Å²) in [5, 5.41) is 4.22. The van der Waals surface area contributed by atoms with Gasteiger partial charge in [0, 0.05) is 0 Å². The van der Waals surface area contributed by atoms with Crippen LogP contribution in [0.1, 0.15) is 21.9 Å². The van der Waals surface area contributed by atoms with E-state index in [9.17, 15) is 4.79 Å². The van der Waals surface area contributed by atoms with Gasteiger partial charge in [-0.25, -0.2) is 5.43 Å². The van der Waals surface area contributed by atoms with Gasteiger partial charge in [0.2, 0.25) is 5.91 Å². The lowest BCUT2D eigenvalue weighted by molar-refractivity contribution is -0.118. The second kappa shape index (κ2) is 7.58. The molecule has 3 aromatic rings. The van der Waals surface area contributed by atoms with E-state index in [-0.39, 0.29) is 11.2 Å². The van der Waals surface area contributed by atoms with Gasteiger partial charge >= 0.3 is 0 Å². The summed E-state index contributed by atoms with van der Waals surface area (Å²) in [6, 6.07) is 26.6. The minimum absolute atomic E-state index is 0.0935. The lowest BCUT2D eigenvalue weighted by atomic mass is 10.1. The maximum atomic E-state index is 12.2. The average Bonchev–Trinajstić information content (AvgIpc) is 3.01. The van der Waals surface area contributed by atoms with Crippen LogP contribution in [-0.2, 0) is 4.79 Å². The highest BCUT2D eigenvalue weighted by molar-refractivity contribution is 8.00. The van der Waals surface area contributed by atoms with Gasteiger partial charge in [-0.15, -0.1) is 11.8 Å². The summed E-state index contributed by atoms with van der Waals surface area (Å²) in [7, 11) is 0. The van der Waals surface area contributed by atoms with Crippen LogP contribution in [0.5, 0.6) is 0 Å². The van der Waals surface area contributed by atoms with Crippen LogP contribution < -0.4 is 5.43 Å². The largest absolute Gasteiger partial charge is 0.272 e. The number of nitrogens with zero attached hydrogens (tertiary/aromatic N) is 1. The Morgan fingerprint density at radius 3 is 2.12 bits per heavy atom. The van der Waals surface area contributed by atoms with Gasteiger partial charge in [-0.05, 0) is 27.8 Å². The van der Waals surface area contributed by atoms with Gasteiger partial charge in [0.1, 0.15) is 0 Å². The van der Waals surface area contributed by atoms with Crippen molar-refractivity contribution >= 4 is 23.9 Å². The second-order valence-electron chi connectivity index (χ2n) is 6.07. The van der Waals surface area contributed by atoms with E-state index in [4.69, 9.17) is 0 Å². The predicted octanol–water partition coefficient (Wildman–Crippen LogP) is 4.64. The summed E-state index contributed by atoms with van der Waals surface area (Å²) in [5.74, 6) is 0.267. The molecule has 0 saturated heterocycles. The molecule has 0 bridgehead atoms. The molecule has 0 radical (unpaired) electrons. The van der Waals surface area contributed by atoms with Gasteiger partial charge in [-0.2, -0.15) is 5.10 Å². The summed E-state index contributed by atoms with van der Waals surface area (Å²) in [4.78, 5) is 12.2. The summed E-state index contributed by atoms with van der Waals surface area (Å²) in [5.41, 5.74) is 8.66. The van der Waals surface area contributed by atoms with Crippen molar-refractivity contribution in [3.63, 3.8) is 0 Å². The Hall–Kier alpha value is -2.85. The molecule has 3 nitrogen and oxygen atoms in total. The van der Waals surface area contributed by atoms with E-state index in [1.54, 1.807) is 18.0 Å². The Morgan fingerprint density at radius 1 is 0.885 bits per heavy atom. The third-order valence-electron chi connectivity index (χ3n) is 4.36. The normalized spacial score (nSPS) is 12.8. The molecule has 0 aromatic heterocycles. The minimum atomic E-state index is -0.0935. The SMILES string of the molecule is O=C(CSC1c2ccccc2-c2ccccc21)N/N=C\c1ccccc1. The Balaban J connectivity index is 1.42. The van der Waals surface area contributed by atoms with E-state index in [1.807, 2.05) is 30.3 Å². The summed E-state index contributed by atoms with van der Waals surface area (Å²) in [6.45, 7) is 0. The molecule has 0 heterocycles. The molecule has 1 aliphatic rings. The molecule has 0 spiro atoms. The highest BCUT2D eigenvalue weighted by Crippen LogP contribution is 2.49. The molecular formula is C22H18N2OS. The van der Waals surface area contributed by atoms with Crippen molar-refractivity contribution in [1.29, 1.82) is 0 Å². The number of rotatable bonds is 5. The van der Waals surface area contributed by atoms with Crippen molar-refractivity contribution in [2.75, 3.05) is 5.75 Å². The molecule has 1 N–H and O–H groups in total. The molecule has 26 heavy (non-hydrogen) atoms. The van der Waals surface area contributed by atoms with Crippen LogP contribution >= 0.6 is 11.8 Å². The van der Waals surface area contributed by atoms with E-state index < -0.39 is 0 Å². The molecular weight excluding hydrogens is 340 g/mol. The predicted molar refractivity (Wildman–Crippen MR) is 108 cm³/mol. The molecule has 4 heteroatoms. The van der Waals surface area contributed by atoms with Crippen LogP contribution in [0.2, 0.25) is 0 Å². The van der Waals surface area contributed by atoms with Crippen molar-refractivity contribution in [2.45, 2.75) is 5.25 Å². The molecule has 0 fully saturated rings. The maximum Gasteiger partial charge on any atom is 0.250 e. The van der Waals surface area contributed by atoms with Gasteiger partial charge < -0.3 is 0 Å². The number of amides is 1. The maximum absolute atomic E-state index is 12.2. The highest BCUT2D eigenvalue weighted by Gasteiger charge is 2.28. The Morgan fingerprint density at radius 2 is 1.46 bits per heavy atom. The first-order valence-corrected chi connectivity index (χ1v) is 9.54. The first-order chi connectivity index (χ1) is 12.8. The van der Waals surface area contributed by atoms with E-state index >= 15 is 0 Å². The molecule has 1 aliphatic carbocycles. The Bertz CT molecular complexity index is 908. The number of fused-ring (bicyclic) bond motifs is 3. The third-order valence-corrected chi connectivity index (χ3v) is 5.63. The number of thioether (sulfide) groups is 1. The smallest absolute Gasteiger partial charge is 0.250 e. The fourth-order valence-electron chi connectivity index (χ4n) is 3.20. The third kappa shape index (κ3) is 3.41. The zero-order valence-electron chi connectivity index (χ0n) is 14.1. The van der Waals surface area contributed by atoms with Gasteiger partial charge in [-0.1, -0.05) is 78.9 Å². The monoisotopic (exact) mass is 358 g/mol. The van der Waals surface area contributed by atoms with Gasteiger partial charge in [-0.3, -0.25) is 4.79 Å². The van der Waals surface area contributed by atoms with Crippen molar-refractivity contribution in [1.82, 2.24) is 5.43 Å². The zero-order chi connectivity index (χ0) is 17.8. The van der Waals surface area contributed by atoms with Crippen LogP contribution in [0.3, 0.4) is 0 Å². The highest BCUT2D eigenvalue weighted by atomic mass is 32.2. The van der Waals surface area contributed by atoms with E-state index in [1.165, 1.54) is 22.3 Å². The van der Waals surface area contributed by atoms with Crippen molar-refractivity contribution < 1.29 is 4.79 Å². The van der Waals surface area contributed by atoms with E-state index in [0.29, 0.717) is 5.75 Å². The Labute approximate surface area is 157 Å². The number of benzene rings is 3. The van der Waals surface area contributed by atoms with Gasteiger partial charge in [0.15, 0.2) is 0 Å². The molecule has 3 aromatic carbocycles. The van der Waals surface area contributed by atoms with Crippen LogP contribution in [0.4, 0.5) is 0 Å². The number of carbonyl (C=O) groups excluding carboxylic acids is 1. The summed E-state index contributed by atoms with van der Waals surface area (Å²) < 4.78 is 0. The number of hydrogen-bond acceptors (Lipinski definition) is 3. The fraction of sp³-hybridized carbons (Fsp3) is 0.0909. The van der Waals surface area contributed by atoms with Crippen LogP contribution in [-0.4, -0.2) is 17.9 Å². The molecule has 0 atom stereocenters. The molecule has 0 unspecified atom stereocenters. The average molecular weight is 358 g/mol. The molecule has 4 rings (SSSR count). The van der Waals surface area contributed by atoms with Gasteiger partial charge in [0.25, 0.3) is 0 Å². The first kappa shape index (κ1) is 16.6. The van der Waals surface area contributed by atoms with Crippen LogP contribution in [0.25, 0.3) is 11.1 Å². The van der Waals surface area contributed by atoms with Crippen LogP contribution in [0.15, 0.2) is 84.0 Å². The van der Waals surface area contributed by atoms with Gasteiger partial charge in [0.05, 0.1) is 17.2 Å². The number of carbonyl (C=O) groups is 1. The lowest BCUT2D eigenvalue weighted by Gasteiger charge is -2.12. The standard InChI is InChI=1S/C22H18N2OS/c25-21(24-23-14-16-8-2-1-3-9-16)15-26-22-19-12-6-4-10-17(19)18-11-5-7-13-20(18)22/h1-14,22H,15H2,(H,24,25)/b23-14-. The Kier molecular flexibility index (Phi) is 4.84. The lowest BCUT2D eigenvalue weighted by Crippen LogP contribution is -2.20. The summed E-state index contributed by atoms with van der Waals surface area (Å²) >= 11 is 1.64. The quantitative estimate of drug-likeness (QED) is 0.533. The van der Waals surface area contributed by atoms with Crippen LogP contribution in [0, 0.1) is 0 Å². The molecule has 128 valence electrons. The van der Waals surface area contributed by atoms with Crippen molar-refractivity contribution in [2.24, 2.45) is 5.10 Å². The molecule has 0 aliphatic heterocycles. The fourth-order valence-corrected chi connectivity index (χ4v) is 4.35. The molecule has 0 saturated carbocycles.